The number of aliphatic hydroxyl groups is 1. The van der Waals surface area contributed by atoms with E-state index in [1.54, 1.807) is 70.2 Å². The molecule has 0 atom stereocenters. The summed E-state index contributed by atoms with van der Waals surface area (Å²) in [6, 6.07) is 28.6. The van der Waals surface area contributed by atoms with Crippen LogP contribution >= 0.6 is 0 Å². The smallest absolute Gasteiger partial charge is 0.302 e. The summed E-state index contributed by atoms with van der Waals surface area (Å²) in [7, 11) is 4.29. The maximum atomic E-state index is 15.6. The number of ether oxygens (including phenoxy) is 1. The maximum absolute atomic E-state index is 15.6. The van der Waals surface area contributed by atoms with Gasteiger partial charge in [0.2, 0.25) is 0 Å². The SMILES string of the molecule is CC(=O)OCc1c(-c2cc(Nc3ccc(CN4CCN(C)CC4)cn3)c3nccn3n2)cccc1-n1ncc2cc(C(C)(C)C)cc(F)c2c1=O.CN1CCN(Cc2ccc(Nc3cc(-c4cccc(-n5ncc6cc(C(C)(C)C)cc(F)c6c5=O)c4CO)nn4ccnc34)nc2)CC1. The Balaban J connectivity index is 0.000000178. The molecule has 508 valence electrons. The summed E-state index contributed by atoms with van der Waals surface area (Å²) in [6.45, 7) is 22.6. The van der Waals surface area contributed by atoms with Gasteiger partial charge in [-0.25, -0.2) is 37.7 Å². The summed E-state index contributed by atoms with van der Waals surface area (Å²) in [5, 5.41) is 36.6. The van der Waals surface area contributed by atoms with Gasteiger partial charge in [-0.15, -0.1) is 0 Å². The fourth-order valence-corrected chi connectivity index (χ4v) is 12.5. The molecule has 2 aliphatic heterocycles. The van der Waals surface area contributed by atoms with E-state index in [-0.39, 0.29) is 28.2 Å². The number of hydrogen-bond donors (Lipinski definition) is 3. The highest BCUT2D eigenvalue weighted by Crippen LogP contribution is 2.35. The third kappa shape index (κ3) is 14.4. The number of esters is 1. The van der Waals surface area contributed by atoms with E-state index in [1.165, 1.54) is 31.5 Å². The van der Waals surface area contributed by atoms with E-state index in [1.807, 2.05) is 90.3 Å². The van der Waals surface area contributed by atoms with Gasteiger partial charge in [0.05, 0.1) is 63.9 Å². The van der Waals surface area contributed by atoms with Crippen molar-refractivity contribution in [1.82, 2.24) is 78.3 Å². The molecule has 0 aliphatic carbocycles. The van der Waals surface area contributed by atoms with Gasteiger partial charge in [-0.1, -0.05) is 77.9 Å². The van der Waals surface area contributed by atoms with Crippen molar-refractivity contribution in [2.45, 2.75) is 85.6 Å². The molecule has 0 unspecified atom stereocenters. The number of carbonyl (C=O) groups excluding carboxylic acids is 1. The van der Waals surface area contributed by atoms with Gasteiger partial charge in [0.1, 0.15) is 29.9 Å². The Morgan fingerprint density at radius 1 is 0.556 bits per heavy atom. The highest BCUT2D eigenvalue weighted by molar-refractivity contribution is 5.85. The number of anilines is 4. The molecule has 12 aromatic rings. The van der Waals surface area contributed by atoms with E-state index < -0.39 is 35.3 Å². The third-order valence-corrected chi connectivity index (χ3v) is 18.2. The molecule has 0 spiro atoms. The number of likely N-dealkylation sites (N-methyl/N-ethyl adjacent to an activating group) is 2. The maximum Gasteiger partial charge on any atom is 0.302 e. The lowest BCUT2D eigenvalue weighted by Crippen LogP contribution is -2.43. The van der Waals surface area contributed by atoms with Crippen LogP contribution in [0.15, 0.2) is 156 Å². The number of benzene rings is 4. The molecule has 4 aromatic carbocycles. The van der Waals surface area contributed by atoms with Gasteiger partial charge >= 0.3 is 5.97 Å². The van der Waals surface area contributed by atoms with Crippen LogP contribution in [0.25, 0.3) is 66.7 Å². The quantitative estimate of drug-likeness (QED) is 0.0809. The number of fused-ring (bicyclic) bond motifs is 4. The number of nitrogens with zero attached hydrogens (tertiary/aromatic N) is 16. The molecule has 2 saturated heterocycles. The molecule has 23 nitrogen and oxygen atoms in total. The van der Waals surface area contributed by atoms with Crippen molar-refractivity contribution in [3.8, 4) is 33.9 Å². The zero-order valence-corrected chi connectivity index (χ0v) is 56.8. The van der Waals surface area contributed by atoms with Gasteiger partial charge in [-0.05, 0) is 108 Å². The van der Waals surface area contributed by atoms with Crippen LogP contribution in [-0.4, -0.2) is 156 Å². The molecule has 3 N–H and O–H groups in total. The minimum absolute atomic E-state index is 0.0567. The molecule has 2 aliphatic rings. The minimum atomic E-state index is -0.630. The number of rotatable bonds is 15. The number of carbonyl (C=O) groups is 1. The first-order chi connectivity index (χ1) is 47.5. The van der Waals surface area contributed by atoms with Crippen LogP contribution in [0.5, 0.6) is 0 Å². The topological polar surface area (TPSA) is 239 Å². The first-order valence-corrected chi connectivity index (χ1v) is 32.9. The first kappa shape index (κ1) is 67.0. The highest BCUT2D eigenvalue weighted by atomic mass is 19.1. The van der Waals surface area contributed by atoms with Crippen molar-refractivity contribution in [1.29, 1.82) is 0 Å². The lowest BCUT2D eigenvalue weighted by Gasteiger charge is -2.32. The van der Waals surface area contributed by atoms with Gasteiger partial charge in [0.25, 0.3) is 11.1 Å². The van der Waals surface area contributed by atoms with Gasteiger partial charge in [0, 0.05) is 143 Å². The van der Waals surface area contributed by atoms with Gasteiger partial charge in [0.15, 0.2) is 11.3 Å². The normalized spacial score (nSPS) is 14.5. The van der Waals surface area contributed by atoms with Gasteiger partial charge in [-0.3, -0.25) is 24.2 Å². The number of aromatic nitrogens is 12. The fourth-order valence-electron chi connectivity index (χ4n) is 12.5. The molecular weight excluding hydrogens is 1260 g/mol. The Hall–Kier alpha value is -10.6. The van der Waals surface area contributed by atoms with Crippen LogP contribution in [0, 0.1) is 11.6 Å². The van der Waals surface area contributed by atoms with Crippen molar-refractivity contribution < 1.29 is 23.4 Å². The summed E-state index contributed by atoms with van der Waals surface area (Å²) >= 11 is 0. The van der Waals surface area contributed by atoms with E-state index in [9.17, 15) is 19.5 Å². The Morgan fingerprint density at radius 2 is 0.990 bits per heavy atom. The summed E-state index contributed by atoms with van der Waals surface area (Å²) in [4.78, 5) is 67.5. The number of halogens is 2. The Bertz CT molecular complexity index is 5120. The Labute approximate surface area is 570 Å². The van der Waals surface area contributed by atoms with Crippen LogP contribution in [0.2, 0.25) is 0 Å². The molecule has 10 heterocycles. The Morgan fingerprint density at radius 3 is 1.39 bits per heavy atom. The fraction of sp³-hybridized carbons (Fsp3) is 0.311. The van der Waals surface area contributed by atoms with E-state index >= 15 is 8.78 Å². The van der Waals surface area contributed by atoms with Crippen LogP contribution in [0.1, 0.15) is 81.8 Å². The van der Waals surface area contributed by atoms with E-state index in [0.29, 0.717) is 90.1 Å². The van der Waals surface area contributed by atoms with Crippen molar-refractivity contribution in [2.75, 3.05) is 77.1 Å². The minimum Gasteiger partial charge on any atom is -0.461 e. The predicted molar refractivity (Wildman–Crippen MR) is 378 cm³/mol. The van der Waals surface area contributed by atoms with Crippen LogP contribution in [0.3, 0.4) is 0 Å². The van der Waals surface area contributed by atoms with Crippen LogP contribution in [0.4, 0.5) is 31.8 Å². The molecule has 25 heteroatoms. The zero-order chi connectivity index (χ0) is 69.4. The molecule has 99 heavy (non-hydrogen) atoms. The van der Waals surface area contributed by atoms with Crippen LogP contribution < -0.4 is 21.8 Å². The number of piperazine rings is 2. The highest BCUT2D eigenvalue weighted by Gasteiger charge is 2.26. The Kier molecular flexibility index (Phi) is 18.8. The predicted octanol–water partition coefficient (Wildman–Crippen LogP) is 10.4. The average Bonchev–Trinajstić information content (AvgIpc) is 1.01. The lowest BCUT2D eigenvalue weighted by atomic mass is 9.86. The summed E-state index contributed by atoms with van der Waals surface area (Å²) in [5.41, 5.74) is 8.17. The average molecular weight is 1340 g/mol. The van der Waals surface area contributed by atoms with Crippen molar-refractivity contribution in [2.24, 2.45) is 0 Å². The molecule has 0 radical (unpaired) electrons. The molecular formula is C74H78F2N18O5. The second-order valence-corrected chi connectivity index (χ2v) is 27.4. The second-order valence-electron chi connectivity index (χ2n) is 27.4. The lowest BCUT2D eigenvalue weighted by molar-refractivity contribution is -0.142. The number of pyridine rings is 2. The largest absolute Gasteiger partial charge is 0.461 e. The van der Waals surface area contributed by atoms with Crippen molar-refractivity contribution >= 4 is 61.8 Å². The number of nitrogens with one attached hydrogen (secondary N) is 2. The first-order valence-electron chi connectivity index (χ1n) is 32.9. The number of imidazole rings is 2. The van der Waals surface area contributed by atoms with Gasteiger partial charge < -0.3 is 30.3 Å². The van der Waals surface area contributed by atoms with E-state index in [2.05, 4.69) is 86.6 Å². The molecule has 14 rings (SSSR count). The second kappa shape index (κ2) is 27.7. The monoisotopic (exact) mass is 1340 g/mol. The molecule has 8 aromatic heterocycles. The summed E-state index contributed by atoms with van der Waals surface area (Å²) < 4.78 is 42.1. The molecule has 2 fully saturated rings. The third-order valence-electron chi connectivity index (χ3n) is 18.2. The molecule has 0 amide bonds. The number of aliphatic hydroxyl groups excluding tert-OH is 1. The molecule has 0 saturated carbocycles. The van der Waals surface area contributed by atoms with Crippen molar-refractivity contribution in [3.05, 3.63) is 212 Å². The molecule has 0 bridgehead atoms. The zero-order valence-electron chi connectivity index (χ0n) is 56.8. The summed E-state index contributed by atoms with van der Waals surface area (Å²) in [6.07, 6.45) is 13.5. The standard InChI is InChI=1S/C38H40FN9O3.C36H38FN9O2/c1-24(49)51-23-29-28(7-6-8-33(29)48-37(50)35-26(21-42-48)17-27(18-30(35)39)38(2,3)4)31-19-32(36-40-11-12-47(36)44-31)43-34-10-9-25(20-41-34)22-46-15-13-45(5)14-16-46;1-36(2,3)25-16-24-20-40-46(35(48)33(24)28(37)17-25)31-7-5-6-26(27(31)22-47)29-18-30(34-38-10-11-45(34)42-29)41-32-9-8-23(19-39-32)21-44-14-12-43(4)13-15-44/h6-12,17-21H,13-16,22-23H2,1-5H3,(H,41,43);5-11,16-20,47H,12-15,21-22H2,1-4H3,(H,39,41). The van der Waals surface area contributed by atoms with Gasteiger partial charge in [-0.2, -0.15) is 29.8 Å². The van der Waals surface area contributed by atoms with E-state index in [0.717, 1.165) is 97.1 Å². The van der Waals surface area contributed by atoms with E-state index in [4.69, 9.17) is 14.9 Å². The summed E-state index contributed by atoms with van der Waals surface area (Å²) in [5.74, 6) is -0.447. The van der Waals surface area contributed by atoms with Crippen LogP contribution in [-0.2, 0) is 46.7 Å². The van der Waals surface area contributed by atoms with Crippen molar-refractivity contribution in [3.63, 3.8) is 0 Å². The number of hydrogen-bond acceptors (Lipinski definition) is 19.